The first-order valence-electron chi connectivity index (χ1n) is 5.92. The fourth-order valence-corrected chi connectivity index (χ4v) is 2.40. The summed E-state index contributed by atoms with van der Waals surface area (Å²) in [4.78, 5) is 3.37. The molecule has 0 bridgehead atoms. The lowest BCUT2D eigenvalue weighted by Gasteiger charge is -2.04. The van der Waals surface area contributed by atoms with Crippen LogP contribution in [0.25, 0.3) is 21.8 Å². The molecule has 3 aromatic rings. The molecule has 92 valence electrons. The number of fused-ring (bicyclic) bond motifs is 3. The maximum atomic E-state index is 9.21. The Morgan fingerprint density at radius 1 is 1.11 bits per heavy atom. The van der Waals surface area contributed by atoms with E-state index in [4.69, 9.17) is 4.74 Å². The maximum Gasteiger partial charge on any atom is 0.123 e. The summed E-state index contributed by atoms with van der Waals surface area (Å²) in [5.74, 6) is 0.886. The van der Waals surface area contributed by atoms with Gasteiger partial charge in [0.15, 0.2) is 0 Å². The highest BCUT2D eigenvalue weighted by molar-refractivity contribution is 6.08. The molecule has 2 aromatic carbocycles. The van der Waals surface area contributed by atoms with Gasteiger partial charge in [-0.2, -0.15) is 0 Å². The van der Waals surface area contributed by atoms with Crippen molar-refractivity contribution in [2.24, 2.45) is 0 Å². The van der Waals surface area contributed by atoms with Gasteiger partial charge in [-0.05, 0) is 36.2 Å². The van der Waals surface area contributed by atoms with Crippen LogP contribution < -0.4 is 4.74 Å². The van der Waals surface area contributed by atoms with Crippen molar-refractivity contribution >= 4 is 21.8 Å². The third-order valence-corrected chi connectivity index (χ3v) is 3.36. The molecule has 1 aromatic heterocycles. The number of ether oxygens (including phenoxy) is 1. The van der Waals surface area contributed by atoms with E-state index >= 15 is 0 Å². The molecule has 18 heavy (non-hydrogen) atoms. The maximum absolute atomic E-state index is 9.21. The van der Waals surface area contributed by atoms with Crippen molar-refractivity contribution < 1.29 is 9.84 Å². The van der Waals surface area contributed by atoms with Gasteiger partial charge in [0.2, 0.25) is 0 Å². The Bertz CT molecular complexity index is 728. The average molecular weight is 241 g/mol. The van der Waals surface area contributed by atoms with E-state index in [-0.39, 0.29) is 6.61 Å². The van der Waals surface area contributed by atoms with Crippen LogP contribution in [0.2, 0.25) is 0 Å². The van der Waals surface area contributed by atoms with Crippen LogP contribution in [0.3, 0.4) is 0 Å². The van der Waals surface area contributed by atoms with E-state index in [9.17, 15) is 5.11 Å². The lowest BCUT2D eigenvalue weighted by Crippen LogP contribution is -1.86. The quantitative estimate of drug-likeness (QED) is 0.724. The normalized spacial score (nSPS) is 11.3. The lowest BCUT2D eigenvalue weighted by atomic mass is 10.1. The van der Waals surface area contributed by atoms with Crippen molar-refractivity contribution in [3.05, 3.63) is 41.5 Å². The molecule has 0 aliphatic rings. The molecular formula is C15H15NO2. The summed E-state index contributed by atoms with van der Waals surface area (Å²) >= 11 is 0. The molecule has 0 aliphatic heterocycles. The van der Waals surface area contributed by atoms with Crippen LogP contribution in [-0.4, -0.2) is 17.2 Å². The molecular weight excluding hydrogens is 226 g/mol. The first-order chi connectivity index (χ1) is 8.72. The lowest BCUT2D eigenvalue weighted by molar-refractivity contribution is 0.282. The molecule has 0 unspecified atom stereocenters. The zero-order valence-corrected chi connectivity index (χ0v) is 10.4. The molecule has 0 amide bonds. The standard InChI is InChI=1S/C15H15NO2/c1-9-5-11-12-6-10(8-17)3-4-13(12)16-14(11)7-15(9)18-2/h3-7,16-17H,8H2,1-2H3. The second-order valence-electron chi connectivity index (χ2n) is 4.53. The van der Waals surface area contributed by atoms with Crippen LogP contribution in [0, 0.1) is 6.92 Å². The van der Waals surface area contributed by atoms with Crippen molar-refractivity contribution in [3.63, 3.8) is 0 Å². The van der Waals surface area contributed by atoms with Crippen molar-refractivity contribution in [2.45, 2.75) is 13.5 Å². The summed E-state index contributed by atoms with van der Waals surface area (Å²) in [5, 5.41) is 11.5. The molecule has 0 spiro atoms. The number of hydrogen-bond donors (Lipinski definition) is 2. The van der Waals surface area contributed by atoms with Crippen LogP contribution in [0.5, 0.6) is 5.75 Å². The van der Waals surface area contributed by atoms with E-state index in [0.29, 0.717) is 0 Å². The molecule has 0 aliphatic carbocycles. The van der Waals surface area contributed by atoms with Crippen LogP contribution in [0.1, 0.15) is 11.1 Å². The first kappa shape index (κ1) is 11.1. The summed E-state index contributed by atoms with van der Waals surface area (Å²) < 4.78 is 5.33. The SMILES string of the molecule is COc1cc2[nH]c3ccc(CO)cc3c2cc1C. The third-order valence-electron chi connectivity index (χ3n) is 3.36. The number of aryl methyl sites for hydroxylation is 1. The number of aliphatic hydroxyl groups is 1. The topological polar surface area (TPSA) is 45.2 Å². The predicted octanol–water partition coefficient (Wildman–Crippen LogP) is 3.13. The van der Waals surface area contributed by atoms with Gasteiger partial charge in [-0.3, -0.25) is 0 Å². The Morgan fingerprint density at radius 3 is 2.61 bits per heavy atom. The zero-order chi connectivity index (χ0) is 12.7. The minimum atomic E-state index is 0.0672. The van der Waals surface area contributed by atoms with Gasteiger partial charge in [-0.1, -0.05) is 6.07 Å². The summed E-state index contributed by atoms with van der Waals surface area (Å²) in [6.45, 7) is 2.10. The van der Waals surface area contributed by atoms with Gasteiger partial charge >= 0.3 is 0 Å². The fraction of sp³-hybridized carbons (Fsp3) is 0.200. The molecule has 2 N–H and O–H groups in total. The predicted molar refractivity (Wildman–Crippen MR) is 73.0 cm³/mol. The molecule has 0 fully saturated rings. The number of H-pyrrole nitrogens is 1. The van der Waals surface area contributed by atoms with E-state index in [2.05, 4.69) is 11.1 Å². The van der Waals surface area contributed by atoms with E-state index in [1.807, 2.05) is 31.2 Å². The van der Waals surface area contributed by atoms with Crippen molar-refractivity contribution in [1.82, 2.24) is 4.98 Å². The van der Waals surface area contributed by atoms with Crippen molar-refractivity contribution in [2.75, 3.05) is 7.11 Å². The Morgan fingerprint density at radius 2 is 1.89 bits per heavy atom. The van der Waals surface area contributed by atoms with Crippen molar-refractivity contribution in [3.8, 4) is 5.75 Å². The van der Waals surface area contributed by atoms with E-state index in [0.717, 1.165) is 33.3 Å². The second kappa shape index (κ2) is 4.03. The molecule has 3 rings (SSSR count). The highest BCUT2D eigenvalue weighted by Gasteiger charge is 2.08. The van der Waals surface area contributed by atoms with Gasteiger partial charge in [0.05, 0.1) is 19.2 Å². The largest absolute Gasteiger partial charge is 0.496 e. The number of aromatic amines is 1. The highest BCUT2D eigenvalue weighted by atomic mass is 16.5. The number of rotatable bonds is 2. The Labute approximate surface area is 105 Å². The molecule has 0 radical (unpaired) electrons. The van der Waals surface area contributed by atoms with Gasteiger partial charge in [0.1, 0.15) is 5.75 Å². The number of methoxy groups -OCH3 is 1. The van der Waals surface area contributed by atoms with Crippen molar-refractivity contribution in [1.29, 1.82) is 0 Å². The summed E-state index contributed by atoms with van der Waals surface area (Å²) in [5.41, 5.74) is 4.18. The summed E-state index contributed by atoms with van der Waals surface area (Å²) in [6, 6.07) is 10.1. The number of nitrogens with one attached hydrogen (secondary N) is 1. The molecule has 0 saturated heterocycles. The van der Waals surface area contributed by atoms with Gasteiger partial charge in [-0.15, -0.1) is 0 Å². The van der Waals surface area contributed by atoms with Crippen LogP contribution >= 0.6 is 0 Å². The third kappa shape index (κ3) is 1.56. The van der Waals surface area contributed by atoms with E-state index in [1.54, 1.807) is 7.11 Å². The van der Waals surface area contributed by atoms with E-state index < -0.39 is 0 Å². The highest BCUT2D eigenvalue weighted by Crippen LogP contribution is 2.31. The second-order valence-corrected chi connectivity index (χ2v) is 4.53. The van der Waals surface area contributed by atoms with E-state index in [1.165, 1.54) is 5.39 Å². The number of aromatic nitrogens is 1. The molecule has 3 heteroatoms. The van der Waals surface area contributed by atoms with Crippen LogP contribution in [-0.2, 0) is 6.61 Å². The van der Waals surface area contributed by atoms with Gasteiger partial charge in [0.25, 0.3) is 0 Å². The Hall–Kier alpha value is -2.00. The summed E-state index contributed by atoms with van der Waals surface area (Å²) in [6.07, 6.45) is 0. The Balaban J connectivity index is 2.38. The molecule has 1 heterocycles. The number of aliphatic hydroxyl groups excluding tert-OH is 1. The molecule has 0 atom stereocenters. The fourth-order valence-electron chi connectivity index (χ4n) is 2.40. The number of hydrogen-bond acceptors (Lipinski definition) is 2. The monoisotopic (exact) mass is 241 g/mol. The zero-order valence-electron chi connectivity index (χ0n) is 10.4. The van der Waals surface area contributed by atoms with Gasteiger partial charge in [-0.25, -0.2) is 0 Å². The molecule has 3 nitrogen and oxygen atoms in total. The average Bonchev–Trinajstić information content (AvgIpc) is 2.74. The van der Waals surface area contributed by atoms with Crippen LogP contribution in [0.4, 0.5) is 0 Å². The first-order valence-corrected chi connectivity index (χ1v) is 5.92. The van der Waals surface area contributed by atoms with Gasteiger partial charge in [0, 0.05) is 22.4 Å². The summed E-state index contributed by atoms with van der Waals surface area (Å²) in [7, 11) is 1.68. The van der Waals surface area contributed by atoms with Crippen LogP contribution in [0.15, 0.2) is 30.3 Å². The minimum absolute atomic E-state index is 0.0672. The van der Waals surface area contributed by atoms with Gasteiger partial charge < -0.3 is 14.8 Å². The number of benzene rings is 2. The smallest absolute Gasteiger partial charge is 0.123 e. The molecule has 0 saturated carbocycles. The minimum Gasteiger partial charge on any atom is -0.496 e. The Kier molecular flexibility index (Phi) is 2.49.